The second-order valence-electron chi connectivity index (χ2n) is 5.80. The number of hydrogen-bond donors (Lipinski definition) is 1. The van der Waals surface area contributed by atoms with Crippen LogP contribution < -0.4 is 5.32 Å². The maximum Gasteiger partial charge on any atom is 0.321 e. The lowest BCUT2D eigenvalue weighted by Gasteiger charge is -2.16. The minimum Gasteiger partial charge on any atom is -0.455 e. The summed E-state index contributed by atoms with van der Waals surface area (Å²) in [7, 11) is 0.485. The van der Waals surface area contributed by atoms with Crippen molar-refractivity contribution in [2.24, 2.45) is 0 Å². The standard InChI is InChI=1S/C16H23N3O6S/c1-12-5-7-13(8-6-12)26(23,24)19(4)10-16(22)25-11-14(20)17-9-15(21)18(2)3/h5-8H,9-11H2,1-4H3,(H,17,20). The summed E-state index contributed by atoms with van der Waals surface area (Å²) in [4.78, 5) is 36.0. The molecule has 1 aromatic carbocycles. The van der Waals surface area contributed by atoms with E-state index in [2.05, 4.69) is 5.32 Å². The van der Waals surface area contributed by atoms with Crippen LogP contribution in [0, 0.1) is 6.92 Å². The number of esters is 1. The fraction of sp³-hybridized carbons (Fsp3) is 0.438. The Labute approximate surface area is 153 Å². The Morgan fingerprint density at radius 3 is 2.19 bits per heavy atom. The van der Waals surface area contributed by atoms with Crippen molar-refractivity contribution in [2.45, 2.75) is 11.8 Å². The van der Waals surface area contributed by atoms with Crippen LogP contribution in [0.15, 0.2) is 29.2 Å². The van der Waals surface area contributed by atoms with Gasteiger partial charge in [-0.05, 0) is 19.1 Å². The highest BCUT2D eigenvalue weighted by Crippen LogP contribution is 2.14. The first-order chi connectivity index (χ1) is 12.0. The second kappa shape index (κ2) is 9.30. The molecule has 2 amide bonds. The second-order valence-corrected chi connectivity index (χ2v) is 7.84. The highest BCUT2D eigenvalue weighted by Gasteiger charge is 2.23. The molecular formula is C16H23N3O6S. The van der Waals surface area contributed by atoms with E-state index in [1.165, 1.54) is 24.1 Å². The van der Waals surface area contributed by atoms with Crippen LogP contribution in [0.2, 0.25) is 0 Å². The van der Waals surface area contributed by atoms with Crippen LogP contribution in [-0.2, 0) is 29.1 Å². The fourth-order valence-electron chi connectivity index (χ4n) is 1.73. The first-order valence-electron chi connectivity index (χ1n) is 7.69. The van der Waals surface area contributed by atoms with Gasteiger partial charge in [0.2, 0.25) is 15.9 Å². The van der Waals surface area contributed by atoms with Gasteiger partial charge >= 0.3 is 5.97 Å². The van der Waals surface area contributed by atoms with Gasteiger partial charge in [-0.25, -0.2) is 8.42 Å². The molecule has 10 heteroatoms. The van der Waals surface area contributed by atoms with E-state index in [0.29, 0.717) is 0 Å². The molecule has 144 valence electrons. The third-order valence-corrected chi connectivity index (χ3v) is 5.20. The van der Waals surface area contributed by atoms with Crippen molar-refractivity contribution >= 4 is 27.8 Å². The van der Waals surface area contributed by atoms with Crippen LogP contribution in [0.5, 0.6) is 0 Å². The lowest BCUT2D eigenvalue weighted by Crippen LogP contribution is -2.39. The van der Waals surface area contributed by atoms with Gasteiger partial charge in [-0.2, -0.15) is 4.31 Å². The number of nitrogens with one attached hydrogen (secondary N) is 1. The number of likely N-dealkylation sites (N-methyl/N-ethyl adjacent to an activating group) is 2. The van der Waals surface area contributed by atoms with E-state index in [1.54, 1.807) is 26.2 Å². The molecule has 0 fully saturated rings. The Morgan fingerprint density at radius 2 is 1.65 bits per heavy atom. The highest BCUT2D eigenvalue weighted by molar-refractivity contribution is 7.89. The zero-order valence-corrected chi connectivity index (χ0v) is 16.0. The lowest BCUT2D eigenvalue weighted by molar-refractivity contribution is -0.148. The molecular weight excluding hydrogens is 362 g/mol. The topological polar surface area (TPSA) is 113 Å². The van der Waals surface area contributed by atoms with Gasteiger partial charge in [0.1, 0.15) is 6.54 Å². The number of rotatable bonds is 8. The van der Waals surface area contributed by atoms with Crippen molar-refractivity contribution in [1.82, 2.24) is 14.5 Å². The van der Waals surface area contributed by atoms with Crippen LogP contribution >= 0.6 is 0 Å². The van der Waals surface area contributed by atoms with Crippen molar-refractivity contribution in [3.63, 3.8) is 0 Å². The highest BCUT2D eigenvalue weighted by atomic mass is 32.2. The molecule has 0 heterocycles. The van der Waals surface area contributed by atoms with Crippen molar-refractivity contribution in [3.8, 4) is 0 Å². The van der Waals surface area contributed by atoms with Gasteiger partial charge < -0.3 is 15.0 Å². The van der Waals surface area contributed by atoms with Crippen LogP contribution in [0.3, 0.4) is 0 Å². The Kier molecular flexibility index (Phi) is 7.72. The van der Waals surface area contributed by atoms with Crippen LogP contribution in [0.4, 0.5) is 0 Å². The van der Waals surface area contributed by atoms with E-state index in [4.69, 9.17) is 4.74 Å². The van der Waals surface area contributed by atoms with E-state index >= 15 is 0 Å². The molecule has 0 saturated heterocycles. The van der Waals surface area contributed by atoms with Gasteiger partial charge in [-0.3, -0.25) is 14.4 Å². The van der Waals surface area contributed by atoms with E-state index in [-0.39, 0.29) is 17.3 Å². The number of ether oxygens (including phenoxy) is 1. The molecule has 0 atom stereocenters. The summed E-state index contributed by atoms with van der Waals surface area (Å²) in [5.74, 6) is -1.84. The van der Waals surface area contributed by atoms with Gasteiger partial charge in [0.25, 0.3) is 5.91 Å². The molecule has 0 saturated carbocycles. The number of carbonyl (C=O) groups excluding carboxylic acids is 3. The van der Waals surface area contributed by atoms with E-state index in [9.17, 15) is 22.8 Å². The SMILES string of the molecule is Cc1ccc(S(=O)(=O)N(C)CC(=O)OCC(=O)NCC(=O)N(C)C)cc1. The molecule has 0 spiro atoms. The molecule has 0 unspecified atom stereocenters. The number of carbonyl (C=O) groups is 3. The summed E-state index contributed by atoms with van der Waals surface area (Å²) in [5, 5.41) is 2.29. The quantitative estimate of drug-likeness (QED) is 0.596. The Balaban J connectivity index is 2.50. The van der Waals surface area contributed by atoms with Gasteiger partial charge in [0, 0.05) is 21.1 Å². The number of sulfonamides is 1. The molecule has 1 N–H and O–H groups in total. The monoisotopic (exact) mass is 385 g/mol. The third kappa shape index (κ3) is 6.45. The summed E-state index contributed by atoms with van der Waals surface area (Å²) in [6.45, 7) is 0.470. The van der Waals surface area contributed by atoms with Gasteiger partial charge in [0.05, 0.1) is 11.4 Å². The average Bonchev–Trinajstić information content (AvgIpc) is 2.57. The molecule has 26 heavy (non-hydrogen) atoms. The molecule has 0 radical (unpaired) electrons. The summed E-state index contributed by atoms with van der Waals surface area (Å²) in [6, 6.07) is 6.19. The Bertz CT molecular complexity index is 759. The van der Waals surface area contributed by atoms with Crippen molar-refractivity contribution in [3.05, 3.63) is 29.8 Å². The first-order valence-corrected chi connectivity index (χ1v) is 9.13. The van der Waals surface area contributed by atoms with Gasteiger partial charge in [-0.1, -0.05) is 17.7 Å². The van der Waals surface area contributed by atoms with Crippen molar-refractivity contribution < 1.29 is 27.5 Å². The lowest BCUT2D eigenvalue weighted by atomic mass is 10.2. The fourth-order valence-corrected chi connectivity index (χ4v) is 2.85. The Hall–Kier alpha value is -2.46. The minimum atomic E-state index is -3.84. The van der Waals surface area contributed by atoms with Gasteiger partial charge in [-0.15, -0.1) is 0 Å². The van der Waals surface area contributed by atoms with E-state index in [1.807, 2.05) is 6.92 Å². The molecule has 0 bridgehead atoms. The summed E-state index contributed by atoms with van der Waals surface area (Å²) >= 11 is 0. The Morgan fingerprint density at radius 1 is 1.08 bits per heavy atom. The van der Waals surface area contributed by atoms with Gasteiger partial charge in [0.15, 0.2) is 6.61 Å². The number of benzene rings is 1. The average molecular weight is 385 g/mol. The van der Waals surface area contributed by atoms with Crippen LogP contribution in [0.25, 0.3) is 0 Å². The maximum absolute atomic E-state index is 12.4. The molecule has 0 aromatic heterocycles. The number of nitrogens with zero attached hydrogens (tertiary/aromatic N) is 2. The minimum absolute atomic E-state index is 0.0540. The van der Waals surface area contributed by atoms with E-state index < -0.39 is 35.1 Å². The molecule has 0 aliphatic rings. The van der Waals surface area contributed by atoms with Crippen molar-refractivity contribution in [1.29, 1.82) is 0 Å². The molecule has 9 nitrogen and oxygen atoms in total. The number of hydrogen-bond acceptors (Lipinski definition) is 6. The van der Waals surface area contributed by atoms with Crippen LogP contribution in [-0.4, -0.2) is 76.2 Å². The summed E-state index contributed by atoms with van der Waals surface area (Å²) in [5.41, 5.74) is 0.907. The van der Waals surface area contributed by atoms with E-state index in [0.717, 1.165) is 9.87 Å². The smallest absolute Gasteiger partial charge is 0.321 e. The third-order valence-electron chi connectivity index (χ3n) is 3.38. The zero-order valence-electron chi connectivity index (χ0n) is 15.2. The molecule has 1 rings (SSSR count). The van der Waals surface area contributed by atoms with Crippen LogP contribution in [0.1, 0.15) is 5.56 Å². The molecule has 0 aliphatic heterocycles. The summed E-state index contributed by atoms with van der Waals surface area (Å²) < 4.78 is 30.3. The normalized spacial score (nSPS) is 11.1. The zero-order chi connectivity index (χ0) is 19.9. The number of amides is 2. The number of aryl methyl sites for hydroxylation is 1. The van der Waals surface area contributed by atoms with Crippen molar-refractivity contribution in [2.75, 3.05) is 40.8 Å². The first kappa shape index (κ1) is 21.6. The maximum atomic E-state index is 12.4. The largest absolute Gasteiger partial charge is 0.455 e. The molecule has 0 aliphatic carbocycles. The summed E-state index contributed by atoms with van der Waals surface area (Å²) in [6.07, 6.45) is 0. The predicted molar refractivity (Wildman–Crippen MR) is 93.7 cm³/mol. The predicted octanol–water partition coefficient (Wildman–Crippen LogP) is -0.637. The molecule has 1 aromatic rings.